The Labute approximate surface area is 141 Å². The van der Waals surface area contributed by atoms with Crippen LogP contribution in [0.4, 0.5) is 16.2 Å². The number of amides is 3. The topological polar surface area (TPSA) is 70.2 Å². The molecular formula is C19H21N3O2. The fraction of sp³-hybridized carbons (Fsp3) is 0.263. The molecule has 1 aliphatic rings. The molecular weight excluding hydrogens is 302 g/mol. The van der Waals surface area contributed by atoms with Gasteiger partial charge in [0.05, 0.1) is 6.04 Å². The molecule has 5 nitrogen and oxygen atoms in total. The number of urea groups is 1. The maximum Gasteiger partial charge on any atom is 0.319 e. The summed E-state index contributed by atoms with van der Waals surface area (Å²) in [4.78, 5) is 23.9. The van der Waals surface area contributed by atoms with Crippen LogP contribution in [0.15, 0.2) is 54.6 Å². The van der Waals surface area contributed by atoms with Gasteiger partial charge in [-0.2, -0.15) is 0 Å². The molecule has 0 heterocycles. The molecule has 3 N–H and O–H groups in total. The van der Waals surface area contributed by atoms with Crippen molar-refractivity contribution in [3.8, 4) is 0 Å². The SMILES string of the molecule is C[C@H](NC(=O)Nc1cccc(NC(=O)C2CC2)c1)c1ccccc1. The predicted molar refractivity (Wildman–Crippen MR) is 94.8 cm³/mol. The molecule has 2 aromatic carbocycles. The Morgan fingerprint density at radius 3 is 2.29 bits per heavy atom. The summed E-state index contributed by atoms with van der Waals surface area (Å²) in [6.45, 7) is 1.93. The molecule has 0 unspecified atom stereocenters. The molecule has 0 radical (unpaired) electrons. The van der Waals surface area contributed by atoms with E-state index < -0.39 is 0 Å². The number of hydrogen-bond donors (Lipinski definition) is 3. The van der Waals surface area contributed by atoms with Gasteiger partial charge in [0, 0.05) is 17.3 Å². The van der Waals surface area contributed by atoms with Crippen molar-refractivity contribution in [2.75, 3.05) is 10.6 Å². The van der Waals surface area contributed by atoms with Crippen molar-refractivity contribution in [1.82, 2.24) is 5.32 Å². The van der Waals surface area contributed by atoms with Crippen LogP contribution in [-0.4, -0.2) is 11.9 Å². The molecule has 0 bridgehead atoms. The lowest BCUT2D eigenvalue weighted by Crippen LogP contribution is -2.31. The van der Waals surface area contributed by atoms with Gasteiger partial charge in [-0.3, -0.25) is 4.79 Å². The molecule has 1 atom stereocenters. The van der Waals surface area contributed by atoms with E-state index in [0.717, 1.165) is 18.4 Å². The van der Waals surface area contributed by atoms with E-state index >= 15 is 0 Å². The molecule has 3 rings (SSSR count). The van der Waals surface area contributed by atoms with Gasteiger partial charge in [-0.15, -0.1) is 0 Å². The normalized spacial score (nSPS) is 14.5. The molecule has 124 valence electrons. The highest BCUT2D eigenvalue weighted by atomic mass is 16.2. The van der Waals surface area contributed by atoms with Crippen molar-refractivity contribution < 1.29 is 9.59 Å². The lowest BCUT2D eigenvalue weighted by Gasteiger charge is -2.15. The van der Waals surface area contributed by atoms with Gasteiger partial charge < -0.3 is 16.0 Å². The minimum atomic E-state index is -0.281. The second-order valence-corrected chi connectivity index (χ2v) is 6.08. The third-order valence-corrected chi connectivity index (χ3v) is 3.98. The summed E-state index contributed by atoms with van der Waals surface area (Å²) in [6.07, 6.45) is 1.92. The number of anilines is 2. The van der Waals surface area contributed by atoms with Crippen molar-refractivity contribution in [2.24, 2.45) is 5.92 Å². The largest absolute Gasteiger partial charge is 0.331 e. The van der Waals surface area contributed by atoms with Gasteiger partial charge in [-0.25, -0.2) is 4.79 Å². The first-order chi connectivity index (χ1) is 11.6. The highest BCUT2D eigenvalue weighted by Gasteiger charge is 2.29. The van der Waals surface area contributed by atoms with Crippen LogP contribution < -0.4 is 16.0 Å². The Balaban J connectivity index is 1.56. The van der Waals surface area contributed by atoms with E-state index in [-0.39, 0.29) is 23.9 Å². The van der Waals surface area contributed by atoms with E-state index in [2.05, 4.69) is 16.0 Å². The monoisotopic (exact) mass is 323 g/mol. The smallest absolute Gasteiger partial charge is 0.319 e. The summed E-state index contributed by atoms with van der Waals surface area (Å²) >= 11 is 0. The van der Waals surface area contributed by atoms with Gasteiger partial charge in [0.1, 0.15) is 0 Å². The maximum absolute atomic E-state index is 12.1. The Morgan fingerprint density at radius 1 is 0.958 bits per heavy atom. The van der Waals surface area contributed by atoms with E-state index in [1.807, 2.05) is 43.3 Å². The van der Waals surface area contributed by atoms with Crippen molar-refractivity contribution >= 4 is 23.3 Å². The Bertz CT molecular complexity index is 726. The third-order valence-electron chi connectivity index (χ3n) is 3.98. The fourth-order valence-corrected chi connectivity index (χ4v) is 2.45. The van der Waals surface area contributed by atoms with E-state index in [0.29, 0.717) is 11.4 Å². The van der Waals surface area contributed by atoms with Crippen molar-refractivity contribution in [2.45, 2.75) is 25.8 Å². The number of nitrogens with one attached hydrogen (secondary N) is 3. The highest BCUT2D eigenvalue weighted by Crippen LogP contribution is 2.30. The average Bonchev–Trinajstić information content (AvgIpc) is 3.41. The van der Waals surface area contributed by atoms with Gasteiger partial charge in [-0.1, -0.05) is 36.4 Å². The van der Waals surface area contributed by atoms with Crippen LogP contribution >= 0.6 is 0 Å². The highest BCUT2D eigenvalue weighted by molar-refractivity contribution is 5.95. The standard InChI is InChI=1S/C19H21N3O2/c1-13(14-6-3-2-4-7-14)20-19(24)22-17-9-5-8-16(12-17)21-18(23)15-10-11-15/h2-9,12-13,15H,10-11H2,1H3,(H,21,23)(H2,20,22,24)/t13-/m0/s1. The van der Waals surface area contributed by atoms with E-state index in [1.165, 1.54) is 0 Å². The Morgan fingerprint density at radius 2 is 1.62 bits per heavy atom. The van der Waals surface area contributed by atoms with Crippen molar-refractivity contribution in [3.63, 3.8) is 0 Å². The maximum atomic E-state index is 12.1. The minimum Gasteiger partial charge on any atom is -0.331 e. The molecule has 0 aromatic heterocycles. The number of hydrogen-bond acceptors (Lipinski definition) is 2. The van der Waals surface area contributed by atoms with Crippen LogP contribution in [-0.2, 0) is 4.79 Å². The minimum absolute atomic E-state index is 0.0503. The summed E-state index contributed by atoms with van der Waals surface area (Å²) in [7, 11) is 0. The van der Waals surface area contributed by atoms with Crippen LogP contribution in [0.2, 0.25) is 0 Å². The van der Waals surface area contributed by atoms with Gasteiger partial charge in [0.2, 0.25) is 5.91 Å². The first-order valence-corrected chi connectivity index (χ1v) is 8.15. The molecule has 3 amide bonds. The average molecular weight is 323 g/mol. The molecule has 1 fully saturated rings. The zero-order valence-corrected chi connectivity index (χ0v) is 13.6. The first kappa shape index (κ1) is 16.1. The second kappa shape index (κ2) is 7.17. The van der Waals surface area contributed by atoms with Gasteiger partial charge >= 0.3 is 6.03 Å². The molecule has 2 aromatic rings. The molecule has 0 aliphatic heterocycles. The zero-order chi connectivity index (χ0) is 16.9. The van der Waals surface area contributed by atoms with Gasteiger partial charge in [0.25, 0.3) is 0 Å². The number of rotatable bonds is 5. The summed E-state index contributed by atoms with van der Waals surface area (Å²) in [6, 6.07) is 16.6. The van der Waals surface area contributed by atoms with E-state index in [4.69, 9.17) is 0 Å². The molecule has 0 spiro atoms. The number of carbonyl (C=O) groups is 2. The van der Waals surface area contributed by atoms with Crippen molar-refractivity contribution in [1.29, 1.82) is 0 Å². The molecule has 24 heavy (non-hydrogen) atoms. The summed E-state index contributed by atoms with van der Waals surface area (Å²) < 4.78 is 0. The van der Waals surface area contributed by atoms with Gasteiger partial charge in [0.15, 0.2) is 0 Å². The summed E-state index contributed by atoms with van der Waals surface area (Å²) in [5.41, 5.74) is 2.38. The Kier molecular flexibility index (Phi) is 4.79. The first-order valence-electron chi connectivity index (χ1n) is 8.15. The lowest BCUT2D eigenvalue weighted by molar-refractivity contribution is -0.117. The van der Waals surface area contributed by atoms with Crippen LogP contribution in [0.25, 0.3) is 0 Å². The van der Waals surface area contributed by atoms with Crippen LogP contribution in [0.1, 0.15) is 31.4 Å². The fourth-order valence-electron chi connectivity index (χ4n) is 2.45. The van der Waals surface area contributed by atoms with E-state index in [1.54, 1.807) is 18.2 Å². The molecule has 5 heteroatoms. The predicted octanol–water partition coefficient (Wildman–Crippen LogP) is 3.92. The Hall–Kier alpha value is -2.82. The summed E-state index contributed by atoms with van der Waals surface area (Å²) in [5.74, 6) is 0.200. The number of benzene rings is 2. The zero-order valence-electron chi connectivity index (χ0n) is 13.6. The van der Waals surface area contributed by atoms with Gasteiger partial charge in [-0.05, 0) is 43.5 Å². The molecule has 0 saturated heterocycles. The van der Waals surface area contributed by atoms with Crippen LogP contribution in [0, 0.1) is 5.92 Å². The van der Waals surface area contributed by atoms with E-state index in [9.17, 15) is 9.59 Å². The van der Waals surface area contributed by atoms with Crippen molar-refractivity contribution in [3.05, 3.63) is 60.2 Å². The second-order valence-electron chi connectivity index (χ2n) is 6.08. The lowest BCUT2D eigenvalue weighted by atomic mass is 10.1. The van der Waals surface area contributed by atoms with Crippen LogP contribution in [0.5, 0.6) is 0 Å². The quantitative estimate of drug-likeness (QED) is 0.780. The number of carbonyl (C=O) groups excluding carboxylic acids is 2. The van der Waals surface area contributed by atoms with Crippen LogP contribution in [0.3, 0.4) is 0 Å². The molecule has 1 saturated carbocycles. The molecule has 1 aliphatic carbocycles. The third kappa shape index (κ3) is 4.35. The summed E-state index contributed by atoms with van der Waals surface area (Å²) in [5, 5.41) is 8.57.